The summed E-state index contributed by atoms with van der Waals surface area (Å²) in [6.45, 7) is 3.34. The summed E-state index contributed by atoms with van der Waals surface area (Å²) >= 11 is 0. The second kappa shape index (κ2) is 6.09. The number of benzene rings is 1. The van der Waals surface area contributed by atoms with Gasteiger partial charge >= 0.3 is 0 Å². The molecule has 4 heteroatoms. The molecule has 0 spiro atoms. The van der Waals surface area contributed by atoms with Crippen LogP contribution >= 0.6 is 0 Å². The van der Waals surface area contributed by atoms with Crippen LogP contribution in [0.3, 0.4) is 0 Å². The molecule has 3 rings (SSSR count). The molecular weight excluding hydrogens is 250 g/mol. The summed E-state index contributed by atoms with van der Waals surface area (Å²) in [7, 11) is 0. The average Bonchev–Trinajstić information content (AvgIpc) is 2.93. The van der Waals surface area contributed by atoms with Crippen molar-refractivity contribution in [1.82, 2.24) is 14.7 Å². The minimum absolute atomic E-state index is 0.261. The number of aromatic nitrogens is 2. The van der Waals surface area contributed by atoms with Crippen molar-refractivity contribution in [3.8, 4) is 5.75 Å². The van der Waals surface area contributed by atoms with Crippen molar-refractivity contribution in [2.45, 2.75) is 25.3 Å². The van der Waals surface area contributed by atoms with Gasteiger partial charge in [0.15, 0.2) is 5.75 Å². The van der Waals surface area contributed by atoms with Gasteiger partial charge < -0.3 is 10.0 Å². The predicted octanol–water partition coefficient (Wildman–Crippen LogP) is 2.47. The lowest BCUT2D eigenvalue weighted by atomic mass is 10.0. The smallest absolute Gasteiger partial charge is 0.153 e. The van der Waals surface area contributed by atoms with Crippen LogP contribution in [0.25, 0.3) is 0 Å². The third-order valence-electron chi connectivity index (χ3n) is 4.08. The van der Waals surface area contributed by atoms with Crippen LogP contribution in [0.5, 0.6) is 5.75 Å². The van der Waals surface area contributed by atoms with Gasteiger partial charge in [0.2, 0.25) is 0 Å². The van der Waals surface area contributed by atoms with Crippen LogP contribution in [0.1, 0.15) is 24.4 Å². The Balaban J connectivity index is 1.47. The molecule has 0 bridgehead atoms. The van der Waals surface area contributed by atoms with Crippen molar-refractivity contribution in [1.29, 1.82) is 0 Å². The lowest BCUT2D eigenvalue weighted by Gasteiger charge is -2.32. The Kier molecular flexibility index (Phi) is 4.02. The van der Waals surface area contributed by atoms with E-state index >= 15 is 0 Å². The number of hydrogen-bond acceptors (Lipinski definition) is 3. The first kappa shape index (κ1) is 13.2. The normalized spacial score (nSPS) is 17.4. The molecule has 0 aliphatic carbocycles. The fourth-order valence-electron chi connectivity index (χ4n) is 2.87. The highest BCUT2D eigenvalue weighted by Crippen LogP contribution is 2.23. The Labute approximate surface area is 119 Å². The molecule has 0 saturated carbocycles. The van der Waals surface area contributed by atoms with Crippen LogP contribution < -0.4 is 0 Å². The molecule has 4 nitrogen and oxygen atoms in total. The van der Waals surface area contributed by atoms with Gasteiger partial charge in [-0.05, 0) is 24.8 Å². The number of rotatable bonds is 4. The lowest BCUT2D eigenvalue weighted by Crippen LogP contribution is -2.36. The summed E-state index contributed by atoms with van der Waals surface area (Å²) < 4.78 is 1.91. The van der Waals surface area contributed by atoms with Crippen molar-refractivity contribution in [3.63, 3.8) is 0 Å². The molecule has 1 aromatic carbocycles. The maximum Gasteiger partial charge on any atom is 0.153 e. The first-order valence-electron chi connectivity index (χ1n) is 7.30. The van der Waals surface area contributed by atoms with E-state index in [2.05, 4.69) is 40.3 Å². The molecular formula is C16H21N3O. The molecule has 0 unspecified atom stereocenters. The number of nitrogens with zero attached hydrogens (tertiary/aromatic N) is 3. The van der Waals surface area contributed by atoms with E-state index in [9.17, 15) is 5.11 Å². The molecule has 1 aromatic heterocycles. The van der Waals surface area contributed by atoms with E-state index < -0.39 is 0 Å². The maximum atomic E-state index is 9.35. The molecule has 1 aliphatic rings. The first-order valence-corrected chi connectivity index (χ1v) is 7.30. The third kappa shape index (κ3) is 3.20. The molecule has 20 heavy (non-hydrogen) atoms. The van der Waals surface area contributed by atoms with Crippen LogP contribution in [0.15, 0.2) is 42.7 Å². The third-order valence-corrected chi connectivity index (χ3v) is 4.08. The van der Waals surface area contributed by atoms with Gasteiger partial charge in [0, 0.05) is 19.6 Å². The minimum Gasteiger partial charge on any atom is -0.505 e. The fraction of sp³-hybridized carbons (Fsp3) is 0.438. The predicted molar refractivity (Wildman–Crippen MR) is 78.7 cm³/mol. The van der Waals surface area contributed by atoms with Crippen LogP contribution in [-0.4, -0.2) is 39.4 Å². The minimum atomic E-state index is 0.261. The number of aromatic hydroxyl groups is 1. The molecule has 2 aromatic rings. The zero-order valence-corrected chi connectivity index (χ0v) is 11.7. The van der Waals surface area contributed by atoms with Gasteiger partial charge in [0.1, 0.15) is 0 Å². The SMILES string of the molecule is Oc1cnn(C2CCN(CCc3ccccc3)CC2)c1. The Bertz CT molecular complexity index is 530. The summed E-state index contributed by atoms with van der Waals surface area (Å²) in [4.78, 5) is 2.52. The highest BCUT2D eigenvalue weighted by atomic mass is 16.3. The van der Waals surface area contributed by atoms with Crippen molar-refractivity contribution < 1.29 is 5.11 Å². The van der Waals surface area contributed by atoms with E-state index in [4.69, 9.17) is 0 Å². The van der Waals surface area contributed by atoms with E-state index in [1.165, 1.54) is 11.8 Å². The van der Waals surface area contributed by atoms with Crippen molar-refractivity contribution in [3.05, 3.63) is 48.3 Å². The van der Waals surface area contributed by atoms with Gasteiger partial charge in [-0.15, -0.1) is 0 Å². The van der Waals surface area contributed by atoms with Crippen LogP contribution in [-0.2, 0) is 6.42 Å². The summed E-state index contributed by atoms with van der Waals surface area (Å²) in [6.07, 6.45) is 6.58. The molecule has 0 amide bonds. The van der Waals surface area contributed by atoms with Crippen LogP contribution in [0, 0.1) is 0 Å². The lowest BCUT2D eigenvalue weighted by molar-refractivity contribution is 0.181. The Morgan fingerprint density at radius 2 is 1.90 bits per heavy atom. The Hall–Kier alpha value is -1.81. The van der Waals surface area contributed by atoms with Gasteiger partial charge in [-0.25, -0.2) is 0 Å². The van der Waals surface area contributed by atoms with Gasteiger partial charge in [-0.2, -0.15) is 5.10 Å². The summed E-state index contributed by atoms with van der Waals surface area (Å²) in [5.74, 6) is 0.261. The quantitative estimate of drug-likeness (QED) is 0.928. The van der Waals surface area contributed by atoms with Crippen LogP contribution in [0.2, 0.25) is 0 Å². The Morgan fingerprint density at radius 3 is 2.55 bits per heavy atom. The van der Waals surface area contributed by atoms with Gasteiger partial charge in [0.25, 0.3) is 0 Å². The monoisotopic (exact) mass is 271 g/mol. The summed E-state index contributed by atoms with van der Waals surface area (Å²) in [5, 5.41) is 13.6. The van der Waals surface area contributed by atoms with E-state index in [1.54, 1.807) is 6.20 Å². The fourth-order valence-corrected chi connectivity index (χ4v) is 2.87. The van der Waals surface area contributed by atoms with E-state index in [0.717, 1.165) is 38.9 Å². The van der Waals surface area contributed by atoms with Crippen molar-refractivity contribution in [2.75, 3.05) is 19.6 Å². The number of hydrogen-bond donors (Lipinski definition) is 1. The molecule has 1 fully saturated rings. The second-order valence-corrected chi connectivity index (χ2v) is 5.49. The molecule has 1 saturated heterocycles. The maximum absolute atomic E-state index is 9.35. The van der Waals surface area contributed by atoms with E-state index in [1.807, 2.05) is 4.68 Å². The van der Waals surface area contributed by atoms with Gasteiger partial charge in [-0.3, -0.25) is 4.68 Å². The van der Waals surface area contributed by atoms with E-state index in [-0.39, 0.29) is 5.75 Å². The highest BCUT2D eigenvalue weighted by molar-refractivity contribution is 5.15. The molecule has 1 N–H and O–H groups in total. The topological polar surface area (TPSA) is 41.3 Å². The average molecular weight is 271 g/mol. The van der Waals surface area contributed by atoms with Gasteiger partial charge in [-0.1, -0.05) is 30.3 Å². The standard InChI is InChI=1S/C16H21N3O/c20-16-12-17-19(13-16)15-7-10-18(11-8-15)9-6-14-4-2-1-3-5-14/h1-5,12-13,15,20H,6-11H2. The van der Waals surface area contributed by atoms with Crippen LogP contribution in [0.4, 0.5) is 0 Å². The Morgan fingerprint density at radius 1 is 1.15 bits per heavy atom. The van der Waals surface area contributed by atoms with Gasteiger partial charge in [0.05, 0.1) is 18.4 Å². The highest BCUT2D eigenvalue weighted by Gasteiger charge is 2.20. The molecule has 0 atom stereocenters. The molecule has 0 radical (unpaired) electrons. The number of likely N-dealkylation sites (tertiary alicyclic amines) is 1. The largest absolute Gasteiger partial charge is 0.505 e. The van der Waals surface area contributed by atoms with E-state index in [0.29, 0.717) is 6.04 Å². The summed E-state index contributed by atoms with van der Waals surface area (Å²) in [6, 6.07) is 11.1. The van der Waals surface area contributed by atoms with Crippen molar-refractivity contribution in [2.24, 2.45) is 0 Å². The van der Waals surface area contributed by atoms with Crippen molar-refractivity contribution >= 4 is 0 Å². The molecule has 106 valence electrons. The number of piperidine rings is 1. The first-order chi connectivity index (χ1) is 9.81. The molecule has 2 heterocycles. The summed E-state index contributed by atoms with van der Waals surface area (Å²) in [5.41, 5.74) is 1.41. The zero-order chi connectivity index (χ0) is 13.8. The second-order valence-electron chi connectivity index (χ2n) is 5.49. The molecule has 1 aliphatic heterocycles. The zero-order valence-electron chi connectivity index (χ0n) is 11.7.